The van der Waals surface area contributed by atoms with Gasteiger partial charge in [-0.05, 0) is 25.0 Å². The summed E-state index contributed by atoms with van der Waals surface area (Å²) in [4.78, 5) is 0. The molecule has 0 saturated carbocycles. The molecule has 0 aliphatic rings. The number of aliphatic hydroxyl groups excluding tert-OH is 3. The molecule has 20 heavy (non-hydrogen) atoms. The highest BCUT2D eigenvalue weighted by atomic mass is 16.3. The molecule has 3 nitrogen and oxygen atoms in total. The molecule has 1 aromatic rings. The standard InChI is InChI=1S/C17H26O3/c1-11-7-8-16(15(10-11)6-5-9-18)13(3)17(20)12(2)14(4)19/h5-8,10,12-14,17-20H,9H2,1-4H3/b6-5+/t12-,13+,14-,17-/m1/s1. The second kappa shape index (κ2) is 7.58. The molecule has 1 rings (SSSR count). The normalized spacial score (nSPS) is 17.9. The molecular weight excluding hydrogens is 252 g/mol. The zero-order chi connectivity index (χ0) is 15.3. The van der Waals surface area contributed by atoms with Crippen molar-refractivity contribution in [1.29, 1.82) is 0 Å². The van der Waals surface area contributed by atoms with Gasteiger partial charge in [0.15, 0.2) is 0 Å². The van der Waals surface area contributed by atoms with Gasteiger partial charge in [-0.3, -0.25) is 0 Å². The van der Waals surface area contributed by atoms with Gasteiger partial charge in [-0.15, -0.1) is 0 Å². The van der Waals surface area contributed by atoms with E-state index in [1.54, 1.807) is 13.0 Å². The van der Waals surface area contributed by atoms with Crippen LogP contribution in [0.15, 0.2) is 24.3 Å². The molecule has 4 atom stereocenters. The Hall–Kier alpha value is -1.16. The Bertz CT molecular complexity index is 452. The first-order chi connectivity index (χ1) is 9.38. The third kappa shape index (κ3) is 4.17. The Balaban J connectivity index is 3.08. The summed E-state index contributed by atoms with van der Waals surface area (Å²) < 4.78 is 0. The van der Waals surface area contributed by atoms with E-state index in [-0.39, 0.29) is 18.4 Å². The number of benzene rings is 1. The first kappa shape index (κ1) is 16.9. The molecule has 0 aliphatic heterocycles. The summed E-state index contributed by atoms with van der Waals surface area (Å²) in [5.74, 6) is -0.278. The van der Waals surface area contributed by atoms with Crippen molar-refractivity contribution in [2.45, 2.75) is 45.8 Å². The Kier molecular flexibility index (Phi) is 6.40. The third-order valence-corrected chi connectivity index (χ3v) is 3.95. The quantitative estimate of drug-likeness (QED) is 0.749. The maximum Gasteiger partial charge on any atom is 0.0656 e. The van der Waals surface area contributed by atoms with Gasteiger partial charge in [0.25, 0.3) is 0 Å². The maximum absolute atomic E-state index is 10.4. The SMILES string of the molecule is Cc1ccc([C@H](C)[C@H](O)[C@H](C)[C@@H](C)O)c(/C=C/CO)c1. The Labute approximate surface area is 121 Å². The first-order valence-corrected chi connectivity index (χ1v) is 7.12. The van der Waals surface area contributed by atoms with Crippen LogP contribution in [-0.4, -0.2) is 34.1 Å². The third-order valence-electron chi connectivity index (χ3n) is 3.95. The monoisotopic (exact) mass is 278 g/mol. The second-order valence-corrected chi connectivity index (χ2v) is 5.60. The fraction of sp³-hybridized carbons (Fsp3) is 0.529. The van der Waals surface area contributed by atoms with E-state index in [2.05, 4.69) is 0 Å². The molecule has 0 saturated heterocycles. The van der Waals surface area contributed by atoms with Crippen molar-refractivity contribution in [2.75, 3.05) is 6.61 Å². The lowest BCUT2D eigenvalue weighted by molar-refractivity contribution is 0.0190. The molecule has 0 heterocycles. The molecule has 0 bridgehead atoms. The van der Waals surface area contributed by atoms with Crippen LogP contribution in [0.1, 0.15) is 43.4 Å². The molecule has 3 N–H and O–H groups in total. The molecule has 112 valence electrons. The van der Waals surface area contributed by atoms with Crippen LogP contribution in [-0.2, 0) is 0 Å². The van der Waals surface area contributed by atoms with Gasteiger partial charge in [-0.2, -0.15) is 0 Å². The largest absolute Gasteiger partial charge is 0.393 e. The van der Waals surface area contributed by atoms with E-state index in [0.717, 1.165) is 16.7 Å². The predicted octanol–water partition coefficient (Wildman–Crippen LogP) is 2.48. The van der Waals surface area contributed by atoms with Gasteiger partial charge in [0.05, 0.1) is 18.8 Å². The average molecular weight is 278 g/mol. The van der Waals surface area contributed by atoms with E-state index in [9.17, 15) is 10.2 Å². The highest BCUT2D eigenvalue weighted by Gasteiger charge is 2.26. The summed E-state index contributed by atoms with van der Waals surface area (Å²) in [7, 11) is 0. The molecule has 0 fully saturated rings. The number of rotatable bonds is 6. The summed E-state index contributed by atoms with van der Waals surface area (Å²) in [5, 5.41) is 29.0. The minimum Gasteiger partial charge on any atom is -0.393 e. The summed E-state index contributed by atoms with van der Waals surface area (Å²) in [6, 6.07) is 6.06. The molecule has 1 aromatic carbocycles. The van der Waals surface area contributed by atoms with Gasteiger partial charge >= 0.3 is 0 Å². The molecule has 0 amide bonds. The van der Waals surface area contributed by atoms with Crippen LogP contribution in [0, 0.1) is 12.8 Å². The topological polar surface area (TPSA) is 60.7 Å². The fourth-order valence-corrected chi connectivity index (χ4v) is 2.36. The molecule has 3 heteroatoms. The molecule has 0 aliphatic carbocycles. The molecule has 0 unspecified atom stereocenters. The van der Waals surface area contributed by atoms with Crippen LogP contribution in [0.2, 0.25) is 0 Å². The van der Waals surface area contributed by atoms with Gasteiger partial charge < -0.3 is 15.3 Å². The average Bonchev–Trinajstić information content (AvgIpc) is 2.42. The van der Waals surface area contributed by atoms with Gasteiger partial charge in [0.1, 0.15) is 0 Å². The number of hydrogen-bond acceptors (Lipinski definition) is 3. The van der Waals surface area contributed by atoms with Crippen LogP contribution in [0.3, 0.4) is 0 Å². The highest BCUT2D eigenvalue weighted by molar-refractivity contribution is 5.56. The lowest BCUT2D eigenvalue weighted by atomic mass is 9.83. The molecule has 0 radical (unpaired) electrons. The van der Waals surface area contributed by atoms with Gasteiger partial charge in [0, 0.05) is 11.8 Å². The Morgan fingerprint density at radius 2 is 1.80 bits per heavy atom. The van der Waals surface area contributed by atoms with Crippen molar-refractivity contribution in [3.63, 3.8) is 0 Å². The van der Waals surface area contributed by atoms with Crippen molar-refractivity contribution >= 4 is 6.08 Å². The first-order valence-electron chi connectivity index (χ1n) is 7.12. The number of hydrogen-bond donors (Lipinski definition) is 3. The minimum atomic E-state index is -0.612. The lowest BCUT2D eigenvalue weighted by Gasteiger charge is -2.28. The van der Waals surface area contributed by atoms with E-state index in [4.69, 9.17) is 5.11 Å². The van der Waals surface area contributed by atoms with Crippen LogP contribution in [0.4, 0.5) is 0 Å². The van der Waals surface area contributed by atoms with Crippen LogP contribution >= 0.6 is 0 Å². The zero-order valence-corrected chi connectivity index (χ0v) is 12.7. The summed E-state index contributed by atoms with van der Waals surface area (Å²) in [5.41, 5.74) is 3.17. The van der Waals surface area contributed by atoms with Crippen molar-refractivity contribution in [3.8, 4) is 0 Å². The second-order valence-electron chi connectivity index (χ2n) is 5.60. The van der Waals surface area contributed by atoms with Crippen LogP contribution < -0.4 is 0 Å². The predicted molar refractivity (Wildman–Crippen MR) is 82.6 cm³/mol. The summed E-state index contributed by atoms with van der Waals surface area (Å²) in [6.07, 6.45) is 2.40. The molecular formula is C17H26O3. The number of aliphatic hydroxyl groups is 3. The van der Waals surface area contributed by atoms with E-state index in [1.807, 2.05) is 45.0 Å². The van der Waals surface area contributed by atoms with Gasteiger partial charge in [0.2, 0.25) is 0 Å². The van der Waals surface area contributed by atoms with Gasteiger partial charge in [-0.1, -0.05) is 49.8 Å². The van der Waals surface area contributed by atoms with Crippen molar-refractivity contribution in [1.82, 2.24) is 0 Å². The van der Waals surface area contributed by atoms with Crippen molar-refractivity contribution in [2.24, 2.45) is 5.92 Å². The smallest absolute Gasteiger partial charge is 0.0656 e. The highest BCUT2D eigenvalue weighted by Crippen LogP contribution is 2.29. The molecule has 0 aromatic heterocycles. The zero-order valence-electron chi connectivity index (χ0n) is 12.7. The van der Waals surface area contributed by atoms with E-state index >= 15 is 0 Å². The summed E-state index contributed by atoms with van der Waals surface area (Å²) >= 11 is 0. The number of aryl methyl sites for hydroxylation is 1. The Morgan fingerprint density at radius 3 is 2.35 bits per heavy atom. The van der Waals surface area contributed by atoms with Crippen molar-refractivity contribution < 1.29 is 15.3 Å². The maximum atomic E-state index is 10.4. The van der Waals surface area contributed by atoms with E-state index in [0.29, 0.717) is 0 Å². The minimum absolute atomic E-state index is 0.00556. The van der Waals surface area contributed by atoms with E-state index < -0.39 is 12.2 Å². The van der Waals surface area contributed by atoms with Gasteiger partial charge in [-0.25, -0.2) is 0 Å². The fourth-order valence-electron chi connectivity index (χ4n) is 2.36. The van der Waals surface area contributed by atoms with Crippen LogP contribution in [0.25, 0.3) is 6.08 Å². The summed E-state index contributed by atoms with van der Waals surface area (Å²) in [6.45, 7) is 7.52. The lowest BCUT2D eigenvalue weighted by Crippen LogP contribution is -2.31. The van der Waals surface area contributed by atoms with Crippen molar-refractivity contribution in [3.05, 3.63) is 41.0 Å². The van der Waals surface area contributed by atoms with Crippen LogP contribution in [0.5, 0.6) is 0 Å². The Morgan fingerprint density at radius 1 is 1.15 bits per heavy atom. The van der Waals surface area contributed by atoms with E-state index in [1.165, 1.54) is 0 Å². The molecule has 0 spiro atoms.